The van der Waals surface area contributed by atoms with Gasteiger partial charge in [0.05, 0.1) is 35.2 Å². The fraction of sp³-hybridized carbons (Fsp3) is 0.111. The summed E-state index contributed by atoms with van der Waals surface area (Å²) in [6.45, 7) is -0.418. The lowest BCUT2D eigenvalue weighted by atomic mass is 10.1. The van der Waals surface area contributed by atoms with Crippen LogP contribution in [0.25, 0.3) is 6.08 Å². The average molecular weight is 552 g/mol. The highest BCUT2D eigenvalue weighted by Gasteiger charge is 2.35. The molecule has 1 heterocycles. The summed E-state index contributed by atoms with van der Waals surface area (Å²) in [5, 5.41) is 11.5. The third kappa shape index (κ3) is 6.14. The second-order valence-corrected chi connectivity index (χ2v) is 9.32. The van der Waals surface area contributed by atoms with Crippen LogP contribution in [0.5, 0.6) is 11.5 Å². The molecule has 0 aliphatic carbocycles. The zero-order chi connectivity index (χ0) is 27.2. The number of hydrogen-bond acceptors (Lipinski definition) is 7. The van der Waals surface area contributed by atoms with E-state index in [-0.39, 0.29) is 28.0 Å². The van der Waals surface area contributed by atoms with Crippen molar-refractivity contribution in [2.75, 3.05) is 19.0 Å². The largest absolute Gasteiger partial charge is 0.493 e. The number of rotatable bonds is 8. The molecule has 4 rings (SSSR count). The van der Waals surface area contributed by atoms with E-state index in [9.17, 15) is 24.0 Å². The molecule has 0 radical (unpaired) electrons. The van der Waals surface area contributed by atoms with E-state index in [4.69, 9.17) is 21.1 Å². The van der Waals surface area contributed by atoms with Crippen molar-refractivity contribution in [3.63, 3.8) is 0 Å². The van der Waals surface area contributed by atoms with E-state index in [1.807, 2.05) is 0 Å². The Kier molecular flexibility index (Phi) is 8.31. The summed E-state index contributed by atoms with van der Waals surface area (Å²) in [5.41, 5.74) is 1.82. The van der Waals surface area contributed by atoms with Gasteiger partial charge in [-0.25, -0.2) is 4.39 Å². The van der Waals surface area contributed by atoms with Gasteiger partial charge < -0.3 is 14.8 Å². The summed E-state index contributed by atoms with van der Waals surface area (Å²) in [7, 11) is 1.39. The monoisotopic (exact) mass is 551 g/mol. The predicted octanol–water partition coefficient (Wildman–Crippen LogP) is 5.61. The van der Waals surface area contributed by atoms with Gasteiger partial charge in [0.1, 0.15) is 5.82 Å². The zero-order valence-corrected chi connectivity index (χ0v) is 21.4. The van der Waals surface area contributed by atoms with Crippen LogP contribution in [0.3, 0.4) is 0 Å². The van der Waals surface area contributed by atoms with Crippen LogP contribution in [0.15, 0.2) is 65.6 Å². The zero-order valence-electron chi connectivity index (χ0n) is 19.9. The summed E-state index contributed by atoms with van der Waals surface area (Å²) in [6, 6.07) is 17.1. The Hall–Kier alpha value is -4.33. The van der Waals surface area contributed by atoms with Crippen molar-refractivity contribution in [3.8, 4) is 17.6 Å². The van der Waals surface area contributed by atoms with Gasteiger partial charge in [0, 0.05) is 5.69 Å². The molecule has 0 aromatic heterocycles. The Morgan fingerprint density at radius 1 is 1.18 bits per heavy atom. The number of benzene rings is 3. The molecule has 1 aliphatic heterocycles. The number of halogens is 2. The van der Waals surface area contributed by atoms with Crippen molar-refractivity contribution in [2.24, 2.45) is 0 Å². The number of nitrogens with one attached hydrogen (secondary N) is 1. The van der Waals surface area contributed by atoms with E-state index < -0.39 is 29.5 Å². The molecule has 11 heteroatoms. The number of imide groups is 1. The van der Waals surface area contributed by atoms with E-state index in [1.54, 1.807) is 30.3 Å². The first-order valence-electron chi connectivity index (χ1n) is 11.1. The maximum absolute atomic E-state index is 13.0. The Morgan fingerprint density at radius 3 is 2.63 bits per heavy atom. The van der Waals surface area contributed by atoms with Crippen molar-refractivity contribution in [1.29, 1.82) is 5.26 Å². The highest BCUT2D eigenvalue weighted by atomic mass is 35.5. The number of nitrogens with zero attached hydrogens (tertiary/aromatic N) is 2. The minimum atomic E-state index is -0.499. The van der Waals surface area contributed by atoms with Gasteiger partial charge in [0.25, 0.3) is 17.1 Å². The fourth-order valence-electron chi connectivity index (χ4n) is 3.56. The van der Waals surface area contributed by atoms with E-state index in [0.29, 0.717) is 22.4 Å². The van der Waals surface area contributed by atoms with Crippen LogP contribution in [-0.2, 0) is 16.1 Å². The van der Waals surface area contributed by atoms with Gasteiger partial charge >= 0.3 is 0 Å². The standard InChI is InChI=1S/C27H19ClFN3O5S/c1-36-22-11-16(10-21(28)25(22)37-15-24(33)31-20-8-6-19(29)7-9-20)12-23-26(34)32(27(35)38-23)14-18-5-3-2-4-17(18)13-30/h2-12H,14-15H2,1H3,(H,31,33)/b23-12+. The first-order valence-corrected chi connectivity index (χ1v) is 12.3. The first-order chi connectivity index (χ1) is 18.3. The quantitative estimate of drug-likeness (QED) is 0.362. The fourth-order valence-corrected chi connectivity index (χ4v) is 4.67. The lowest BCUT2D eigenvalue weighted by molar-refractivity contribution is -0.123. The number of nitriles is 1. The van der Waals surface area contributed by atoms with Crippen LogP contribution in [-0.4, -0.2) is 35.7 Å². The van der Waals surface area contributed by atoms with Crippen LogP contribution in [0.1, 0.15) is 16.7 Å². The smallest absolute Gasteiger partial charge is 0.293 e. The number of methoxy groups -OCH3 is 1. The van der Waals surface area contributed by atoms with Crippen molar-refractivity contribution in [3.05, 3.63) is 93.1 Å². The molecule has 8 nitrogen and oxygen atoms in total. The summed E-state index contributed by atoms with van der Waals surface area (Å²) in [6.07, 6.45) is 1.50. The van der Waals surface area contributed by atoms with Gasteiger partial charge in [0.2, 0.25) is 0 Å². The number of carbonyl (C=O) groups excluding carboxylic acids is 3. The van der Waals surface area contributed by atoms with Gasteiger partial charge in [-0.3, -0.25) is 19.3 Å². The third-order valence-electron chi connectivity index (χ3n) is 5.36. The van der Waals surface area contributed by atoms with Crippen LogP contribution in [0, 0.1) is 17.1 Å². The maximum atomic E-state index is 13.0. The Bertz CT molecular complexity index is 1490. The van der Waals surface area contributed by atoms with Gasteiger partial charge in [-0.2, -0.15) is 5.26 Å². The van der Waals surface area contributed by atoms with Gasteiger partial charge in [-0.05, 0) is 71.4 Å². The highest BCUT2D eigenvalue weighted by Crippen LogP contribution is 2.39. The van der Waals surface area contributed by atoms with Gasteiger partial charge in [-0.15, -0.1) is 0 Å². The van der Waals surface area contributed by atoms with E-state index in [1.165, 1.54) is 43.5 Å². The molecule has 3 aromatic carbocycles. The van der Waals surface area contributed by atoms with Gasteiger partial charge in [-0.1, -0.05) is 29.8 Å². The van der Waals surface area contributed by atoms with Crippen molar-refractivity contribution < 1.29 is 28.2 Å². The number of amides is 3. The lowest BCUT2D eigenvalue weighted by Crippen LogP contribution is -2.27. The molecule has 3 aromatic rings. The predicted molar refractivity (Wildman–Crippen MR) is 141 cm³/mol. The minimum Gasteiger partial charge on any atom is -0.493 e. The molecular weight excluding hydrogens is 533 g/mol. The van der Waals surface area contributed by atoms with Crippen molar-refractivity contribution in [1.82, 2.24) is 4.90 Å². The normalized spacial score (nSPS) is 13.9. The van der Waals surface area contributed by atoms with Gasteiger partial charge in [0.15, 0.2) is 18.1 Å². The van der Waals surface area contributed by atoms with E-state index in [2.05, 4.69) is 11.4 Å². The summed E-state index contributed by atoms with van der Waals surface area (Å²) in [4.78, 5) is 39.0. The molecule has 0 saturated carbocycles. The molecule has 0 unspecified atom stereocenters. The molecule has 1 aliphatic rings. The maximum Gasteiger partial charge on any atom is 0.293 e. The van der Waals surface area contributed by atoms with E-state index in [0.717, 1.165) is 16.7 Å². The molecule has 0 bridgehead atoms. The summed E-state index contributed by atoms with van der Waals surface area (Å²) < 4.78 is 24.0. The van der Waals surface area contributed by atoms with Crippen molar-refractivity contribution in [2.45, 2.75) is 6.54 Å². The van der Waals surface area contributed by atoms with E-state index >= 15 is 0 Å². The van der Waals surface area contributed by atoms with Crippen LogP contribution < -0.4 is 14.8 Å². The summed E-state index contributed by atoms with van der Waals surface area (Å²) in [5.74, 6) is -1.10. The SMILES string of the molecule is COc1cc(/C=C2/SC(=O)N(Cc3ccccc3C#N)C2=O)cc(Cl)c1OCC(=O)Nc1ccc(F)cc1. The third-order valence-corrected chi connectivity index (χ3v) is 6.55. The Labute approximate surface area is 226 Å². The molecule has 0 atom stereocenters. The second kappa shape index (κ2) is 11.8. The Morgan fingerprint density at radius 2 is 1.92 bits per heavy atom. The minimum absolute atomic E-state index is 0.0252. The highest BCUT2D eigenvalue weighted by molar-refractivity contribution is 8.18. The van der Waals surface area contributed by atoms with Crippen molar-refractivity contribution >= 4 is 52.2 Å². The summed E-state index contributed by atoms with van der Waals surface area (Å²) >= 11 is 7.16. The molecular formula is C27H19ClFN3O5S. The van der Waals surface area contributed by atoms with Crippen LogP contribution >= 0.6 is 23.4 Å². The number of anilines is 1. The molecule has 0 spiro atoms. The molecule has 3 amide bonds. The molecule has 192 valence electrons. The molecule has 1 saturated heterocycles. The second-order valence-electron chi connectivity index (χ2n) is 7.91. The topological polar surface area (TPSA) is 109 Å². The number of carbonyl (C=O) groups is 3. The number of ether oxygens (including phenoxy) is 2. The Balaban J connectivity index is 1.47. The molecule has 1 fully saturated rings. The average Bonchev–Trinajstić information content (AvgIpc) is 3.16. The number of thioether (sulfide) groups is 1. The van der Waals surface area contributed by atoms with Crippen LogP contribution in [0.4, 0.5) is 14.9 Å². The lowest BCUT2D eigenvalue weighted by Gasteiger charge is -2.14. The van der Waals surface area contributed by atoms with Crippen LogP contribution in [0.2, 0.25) is 5.02 Å². The molecule has 38 heavy (non-hydrogen) atoms. The number of hydrogen-bond donors (Lipinski definition) is 1. The molecule has 1 N–H and O–H groups in total. The first kappa shape index (κ1) is 26.7.